The van der Waals surface area contributed by atoms with E-state index in [-0.39, 0.29) is 0 Å². The van der Waals surface area contributed by atoms with Gasteiger partial charge in [0, 0.05) is 6.08 Å². The van der Waals surface area contributed by atoms with E-state index < -0.39 is 37.8 Å². The van der Waals surface area contributed by atoms with Crippen molar-refractivity contribution in [3.05, 3.63) is 24.3 Å². The molecule has 0 rings (SSSR count). The molecule has 0 atom stereocenters. The van der Waals surface area contributed by atoms with Gasteiger partial charge in [-0.2, -0.15) is 0 Å². The van der Waals surface area contributed by atoms with Crippen molar-refractivity contribution >= 4 is 5.97 Å². The Kier molecular flexibility index (Phi) is 25.8. The number of aliphatic hydroxyl groups excluding tert-OH is 4. The number of aliphatic hydroxyl groups is 4. The molecule has 0 aromatic carbocycles. The van der Waals surface area contributed by atoms with Crippen molar-refractivity contribution < 1.29 is 30.3 Å². The van der Waals surface area contributed by atoms with E-state index in [1.807, 2.05) is 6.08 Å². The fourth-order valence-corrected chi connectivity index (χ4v) is 2.89. The van der Waals surface area contributed by atoms with Crippen LogP contribution in [0.4, 0.5) is 0 Å². The minimum atomic E-state index is -1.11. The van der Waals surface area contributed by atoms with E-state index in [9.17, 15) is 4.79 Å². The van der Waals surface area contributed by atoms with Gasteiger partial charge in [-0.1, -0.05) is 102 Å². The number of rotatable bonds is 20. The highest BCUT2D eigenvalue weighted by atomic mass is 16.4. The van der Waals surface area contributed by atoms with Gasteiger partial charge in [-0.3, -0.25) is 0 Å². The fraction of sp³-hybridized carbons (Fsp3) is 0.800. The maximum atomic E-state index is 10.2. The van der Waals surface area contributed by atoms with Gasteiger partial charge in [0.2, 0.25) is 0 Å². The van der Waals surface area contributed by atoms with Crippen LogP contribution in [0.3, 0.4) is 0 Å². The Hall–Kier alpha value is -1.21. The van der Waals surface area contributed by atoms with Crippen LogP contribution >= 0.6 is 0 Å². The van der Waals surface area contributed by atoms with Gasteiger partial charge in [0.05, 0.1) is 31.8 Å². The van der Waals surface area contributed by atoms with Crippen molar-refractivity contribution in [1.82, 2.24) is 0 Å². The molecule has 0 amide bonds. The predicted octanol–water partition coefficient (Wildman–Crippen LogP) is 4.61. The Morgan fingerprint density at radius 1 is 0.645 bits per heavy atom. The standard InChI is InChI=1S/C20H36O2.C5H12O4/c1-2-3-4-5-6-7-8-9-10-11-12-13-14-15-16-17-18-19-20(21)22;6-1-5(2-7,3-8)4-9/h16-19H,2-15H2,1H3,(H,21,22);6-9H,1-4H2. The zero-order valence-corrected chi connectivity index (χ0v) is 19.7. The molecule has 0 aliphatic heterocycles. The monoisotopic (exact) mass is 444 g/mol. The van der Waals surface area contributed by atoms with Crippen LogP contribution in [0.15, 0.2) is 24.3 Å². The fourth-order valence-electron chi connectivity index (χ4n) is 2.89. The normalized spacial score (nSPS) is 11.8. The predicted molar refractivity (Wildman–Crippen MR) is 127 cm³/mol. The van der Waals surface area contributed by atoms with Gasteiger partial charge in [-0.05, 0) is 12.8 Å². The maximum absolute atomic E-state index is 10.2. The molecule has 0 radical (unpaired) electrons. The summed E-state index contributed by atoms with van der Waals surface area (Å²) in [6, 6.07) is 0. The molecule has 0 aliphatic carbocycles. The second kappa shape index (κ2) is 25.1. The Morgan fingerprint density at radius 2 is 1.03 bits per heavy atom. The van der Waals surface area contributed by atoms with Crippen LogP contribution in [0, 0.1) is 5.41 Å². The van der Waals surface area contributed by atoms with E-state index in [0.29, 0.717) is 0 Å². The lowest BCUT2D eigenvalue weighted by Gasteiger charge is -2.23. The summed E-state index contributed by atoms with van der Waals surface area (Å²) in [7, 11) is 0. The average molecular weight is 445 g/mol. The van der Waals surface area contributed by atoms with Gasteiger partial charge in [0.1, 0.15) is 0 Å². The summed E-state index contributed by atoms with van der Waals surface area (Å²) >= 11 is 0. The zero-order valence-electron chi connectivity index (χ0n) is 19.7. The van der Waals surface area contributed by atoms with Crippen LogP contribution in [0.25, 0.3) is 0 Å². The van der Waals surface area contributed by atoms with Crippen LogP contribution in [-0.2, 0) is 4.79 Å². The van der Waals surface area contributed by atoms with Gasteiger partial charge < -0.3 is 25.5 Å². The third-order valence-electron chi connectivity index (χ3n) is 5.30. The molecule has 0 saturated carbocycles. The van der Waals surface area contributed by atoms with Crippen molar-refractivity contribution in [2.75, 3.05) is 26.4 Å². The van der Waals surface area contributed by atoms with Crippen molar-refractivity contribution in [2.45, 2.75) is 96.8 Å². The third-order valence-corrected chi connectivity index (χ3v) is 5.30. The van der Waals surface area contributed by atoms with Crippen molar-refractivity contribution in [3.8, 4) is 0 Å². The van der Waals surface area contributed by atoms with Crippen molar-refractivity contribution in [1.29, 1.82) is 0 Å². The molecule has 0 aliphatic rings. The molecule has 5 N–H and O–H groups in total. The van der Waals surface area contributed by atoms with Gasteiger partial charge in [0.15, 0.2) is 0 Å². The molecule has 184 valence electrons. The Morgan fingerprint density at radius 3 is 1.35 bits per heavy atom. The largest absolute Gasteiger partial charge is 0.478 e. The number of hydrogen-bond donors (Lipinski definition) is 5. The first-order valence-corrected chi connectivity index (χ1v) is 12.0. The molecule has 0 bridgehead atoms. The lowest BCUT2D eigenvalue weighted by molar-refractivity contribution is -0.131. The summed E-state index contributed by atoms with van der Waals surface area (Å²) in [5.74, 6) is -0.884. The van der Waals surface area contributed by atoms with E-state index in [4.69, 9.17) is 25.5 Å². The highest BCUT2D eigenvalue weighted by molar-refractivity contribution is 5.80. The zero-order chi connectivity index (χ0) is 23.6. The molecule has 6 nitrogen and oxygen atoms in total. The molecule has 0 spiro atoms. The topological polar surface area (TPSA) is 118 Å². The third kappa shape index (κ3) is 23.3. The summed E-state index contributed by atoms with van der Waals surface area (Å²) in [5.41, 5.74) is -1.11. The molecule has 0 saturated heterocycles. The Bertz CT molecular complexity index is 412. The summed E-state index contributed by atoms with van der Waals surface area (Å²) in [6.45, 7) is 0.646. The quantitative estimate of drug-likeness (QED) is 0.106. The summed E-state index contributed by atoms with van der Waals surface area (Å²) in [6.07, 6.45) is 25.6. The number of carbonyl (C=O) groups is 1. The number of allylic oxidation sites excluding steroid dienone is 3. The highest BCUT2D eigenvalue weighted by Crippen LogP contribution is 2.13. The highest BCUT2D eigenvalue weighted by Gasteiger charge is 2.26. The van der Waals surface area contributed by atoms with Crippen LogP contribution in [0.2, 0.25) is 0 Å². The minimum Gasteiger partial charge on any atom is -0.478 e. The first-order valence-electron chi connectivity index (χ1n) is 12.0. The van der Waals surface area contributed by atoms with Crippen LogP contribution in [-0.4, -0.2) is 57.9 Å². The molecule has 0 fully saturated rings. The molecular weight excluding hydrogens is 396 g/mol. The average Bonchev–Trinajstić information content (AvgIpc) is 2.78. The molecule has 0 heterocycles. The molecule has 0 aromatic heterocycles. The van der Waals surface area contributed by atoms with E-state index in [1.54, 1.807) is 6.08 Å². The van der Waals surface area contributed by atoms with E-state index in [0.717, 1.165) is 6.42 Å². The maximum Gasteiger partial charge on any atom is 0.328 e. The Labute approximate surface area is 189 Å². The smallest absolute Gasteiger partial charge is 0.328 e. The van der Waals surface area contributed by atoms with Crippen LogP contribution in [0.1, 0.15) is 96.8 Å². The molecule has 0 unspecified atom stereocenters. The number of hydrogen-bond acceptors (Lipinski definition) is 5. The molecule has 0 aromatic rings. The SMILES string of the molecule is CCCCCCCCCCCCCCCC=CC=CC(=O)O.OCC(CO)(CO)CO. The second-order valence-electron chi connectivity index (χ2n) is 8.29. The first-order chi connectivity index (χ1) is 15.0. The Balaban J connectivity index is 0. The molecule has 31 heavy (non-hydrogen) atoms. The van der Waals surface area contributed by atoms with Gasteiger partial charge in [0.25, 0.3) is 0 Å². The summed E-state index contributed by atoms with van der Waals surface area (Å²) in [4.78, 5) is 10.2. The van der Waals surface area contributed by atoms with E-state index >= 15 is 0 Å². The van der Waals surface area contributed by atoms with E-state index in [1.165, 1.54) is 89.5 Å². The number of aliphatic carboxylic acids is 1. The first kappa shape index (κ1) is 32.0. The van der Waals surface area contributed by atoms with Crippen molar-refractivity contribution in [3.63, 3.8) is 0 Å². The number of carboxylic acid groups (broad SMARTS) is 1. The molecule has 6 heteroatoms. The van der Waals surface area contributed by atoms with Gasteiger partial charge >= 0.3 is 5.97 Å². The van der Waals surface area contributed by atoms with E-state index in [2.05, 4.69) is 13.0 Å². The number of unbranched alkanes of at least 4 members (excludes halogenated alkanes) is 13. The minimum absolute atomic E-state index is 0.406. The number of carboxylic acids is 1. The van der Waals surface area contributed by atoms with Crippen LogP contribution in [0.5, 0.6) is 0 Å². The van der Waals surface area contributed by atoms with Gasteiger partial charge in [-0.15, -0.1) is 0 Å². The van der Waals surface area contributed by atoms with Crippen molar-refractivity contribution in [2.24, 2.45) is 5.41 Å². The lowest BCUT2D eigenvalue weighted by atomic mass is 9.93. The molecular formula is C25H48O6. The second-order valence-corrected chi connectivity index (χ2v) is 8.29. The van der Waals surface area contributed by atoms with Crippen LogP contribution < -0.4 is 0 Å². The van der Waals surface area contributed by atoms with Gasteiger partial charge in [-0.25, -0.2) is 4.79 Å². The summed E-state index contributed by atoms with van der Waals surface area (Å²) in [5, 5.41) is 42.4. The lowest BCUT2D eigenvalue weighted by Crippen LogP contribution is -2.37. The summed E-state index contributed by atoms with van der Waals surface area (Å²) < 4.78 is 0.